The Morgan fingerprint density at radius 1 is 1.00 bits per heavy atom. The molecule has 11 nitrogen and oxygen atoms in total. The van der Waals surface area contributed by atoms with E-state index in [1.807, 2.05) is 33.8 Å². The van der Waals surface area contributed by atoms with E-state index >= 15 is 0 Å². The molecule has 2 saturated heterocycles. The Morgan fingerprint density at radius 3 is 2.26 bits per heavy atom. The molecule has 0 aromatic carbocycles. The molecule has 252 valence electrons. The predicted molar refractivity (Wildman–Crippen MR) is 160 cm³/mol. The Labute approximate surface area is 269 Å². The summed E-state index contributed by atoms with van der Waals surface area (Å²) in [6.45, 7) is 15.5. The number of ketones is 1. The highest BCUT2D eigenvalue weighted by atomic mass is 16.6. The van der Waals surface area contributed by atoms with Gasteiger partial charge >= 0.3 is 23.9 Å². The average molecular weight is 643 g/mol. The molecular formula is C35H46O11. The summed E-state index contributed by atoms with van der Waals surface area (Å²) in [6.07, 6.45) is 0.409. The van der Waals surface area contributed by atoms with Gasteiger partial charge in [0.15, 0.2) is 0 Å². The minimum absolute atomic E-state index is 0.00987. The summed E-state index contributed by atoms with van der Waals surface area (Å²) in [7, 11) is 0. The van der Waals surface area contributed by atoms with Crippen LogP contribution in [0.3, 0.4) is 0 Å². The minimum atomic E-state index is -1.31. The molecule has 0 amide bonds. The highest BCUT2D eigenvalue weighted by Crippen LogP contribution is 2.82. The van der Waals surface area contributed by atoms with E-state index < -0.39 is 87.4 Å². The van der Waals surface area contributed by atoms with E-state index in [1.54, 1.807) is 33.3 Å². The van der Waals surface area contributed by atoms with E-state index in [0.717, 1.165) is 5.56 Å². The first-order valence-corrected chi connectivity index (χ1v) is 16.4. The number of carbonyl (C=O) groups is 5. The normalized spacial score (nSPS) is 44.2. The summed E-state index contributed by atoms with van der Waals surface area (Å²) < 4.78 is 37.0. The fraction of sp³-hybridized carbons (Fsp3) is 0.743. The molecule has 12 unspecified atom stereocenters. The summed E-state index contributed by atoms with van der Waals surface area (Å²) in [4.78, 5) is 67.8. The summed E-state index contributed by atoms with van der Waals surface area (Å²) in [6, 6.07) is 1.87. The molecular weight excluding hydrogens is 596 g/mol. The Morgan fingerprint density at radius 2 is 1.67 bits per heavy atom. The van der Waals surface area contributed by atoms with Crippen molar-refractivity contribution in [3.8, 4) is 0 Å². The van der Waals surface area contributed by atoms with Crippen LogP contribution in [-0.2, 0) is 47.7 Å². The lowest BCUT2D eigenvalue weighted by Crippen LogP contribution is -2.78. The quantitative estimate of drug-likeness (QED) is 0.242. The monoisotopic (exact) mass is 642 g/mol. The van der Waals surface area contributed by atoms with Crippen LogP contribution in [0.15, 0.2) is 23.0 Å². The fourth-order valence-corrected chi connectivity index (χ4v) is 10.7. The van der Waals surface area contributed by atoms with Crippen molar-refractivity contribution in [3.63, 3.8) is 0 Å². The Balaban J connectivity index is 1.66. The minimum Gasteiger partial charge on any atom is -0.472 e. The van der Waals surface area contributed by atoms with Gasteiger partial charge in [0, 0.05) is 48.9 Å². The number of fused-ring (bicyclic) bond motifs is 3. The van der Waals surface area contributed by atoms with Gasteiger partial charge in [0.05, 0.1) is 36.4 Å². The van der Waals surface area contributed by atoms with E-state index in [0.29, 0.717) is 12.8 Å². The first-order valence-electron chi connectivity index (χ1n) is 16.4. The number of Topliss-reactive ketones (excluding diaryl/α,β-unsaturated/α-hetero) is 1. The Hall–Kier alpha value is -3.21. The molecule has 3 aliphatic carbocycles. The van der Waals surface area contributed by atoms with Crippen LogP contribution in [0.25, 0.3) is 0 Å². The molecule has 1 aromatic heterocycles. The van der Waals surface area contributed by atoms with Gasteiger partial charge in [-0.05, 0) is 45.2 Å². The van der Waals surface area contributed by atoms with Gasteiger partial charge in [0.2, 0.25) is 0 Å². The standard InChI is InChI=1S/C35H46O11/c1-10-17(2)30(40)44-29-27(43-19(4)37)28-32(7)22(31(5,6)46-26(39)15-24(32)42-18(3)36)14-23(38)34(28,9)35-25(45-35)13-21(33(29,35)8)20-11-12-41-16-20/h11-12,16-17,21-22,24-25,27-29H,10,13-15H2,1-9H3. The molecule has 2 aliphatic heterocycles. The number of cyclic esters (lactones) is 1. The van der Waals surface area contributed by atoms with E-state index in [-0.39, 0.29) is 30.6 Å². The van der Waals surface area contributed by atoms with Crippen LogP contribution < -0.4 is 0 Å². The SMILES string of the molecule is CCC(C)C(=O)OC1C(OC(C)=O)C2C3(C)C(OC(C)=O)CC(=O)OC(C)(C)C3CC(=O)C2(C)C23OC2CC(c2ccoc2)C13C. The summed E-state index contributed by atoms with van der Waals surface area (Å²) in [5.74, 6) is -4.64. The number of furan rings is 1. The van der Waals surface area contributed by atoms with Crippen molar-refractivity contribution in [2.24, 2.45) is 34.0 Å². The van der Waals surface area contributed by atoms with Crippen LogP contribution in [0.1, 0.15) is 99.5 Å². The number of hydrogen-bond acceptors (Lipinski definition) is 11. The van der Waals surface area contributed by atoms with Gasteiger partial charge in [-0.3, -0.25) is 24.0 Å². The second-order valence-electron chi connectivity index (χ2n) is 15.3. The molecule has 0 bridgehead atoms. The lowest BCUT2D eigenvalue weighted by Gasteiger charge is -2.67. The molecule has 5 aliphatic rings. The highest BCUT2D eigenvalue weighted by Gasteiger charge is 2.92. The van der Waals surface area contributed by atoms with Crippen LogP contribution in [0.5, 0.6) is 0 Å². The summed E-state index contributed by atoms with van der Waals surface area (Å²) in [5.41, 5.74) is -4.94. The van der Waals surface area contributed by atoms with Crippen molar-refractivity contribution in [2.45, 2.75) is 130 Å². The van der Waals surface area contributed by atoms with Crippen molar-refractivity contribution >= 4 is 29.7 Å². The number of epoxide rings is 1. The molecule has 46 heavy (non-hydrogen) atoms. The second kappa shape index (κ2) is 10.4. The number of rotatable bonds is 6. The zero-order valence-corrected chi connectivity index (χ0v) is 28.2. The first-order chi connectivity index (χ1) is 21.4. The van der Waals surface area contributed by atoms with Gasteiger partial charge < -0.3 is 28.1 Å². The third kappa shape index (κ3) is 4.08. The number of carbonyl (C=O) groups excluding carboxylic acids is 5. The van der Waals surface area contributed by atoms with Crippen LogP contribution in [0, 0.1) is 34.0 Å². The van der Waals surface area contributed by atoms with Crippen molar-refractivity contribution in [1.82, 2.24) is 0 Å². The smallest absolute Gasteiger partial charge is 0.310 e. The zero-order valence-electron chi connectivity index (χ0n) is 28.2. The molecule has 3 saturated carbocycles. The first kappa shape index (κ1) is 32.7. The van der Waals surface area contributed by atoms with Crippen LogP contribution >= 0.6 is 0 Å². The fourth-order valence-electron chi connectivity index (χ4n) is 10.7. The van der Waals surface area contributed by atoms with E-state index in [9.17, 15) is 24.0 Å². The molecule has 6 rings (SSSR count). The number of ether oxygens (including phenoxy) is 5. The van der Waals surface area contributed by atoms with Gasteiger partial charge in [-0.1, -0.05) is 27.7 Å². The van der Waals surface area contributed by atoms with Gasteiger partial charge in [-0.15, -0.1) is 0 Å². The summed E-state index contributed by atoms with van der Waals surface area (Å²) in [5, 5.41) is 0. The Bertz CT molecular complexity index is 1460. The van der Waals surface area contributed by atoms with E-state index in [2.05, 4.69) is 0 Å². The van der Waals surface area contributed by atoms with Crippen molar-refractivity contribution in [1.29, 1.82) is 0 Å². The average Bonchev–Trinajstić information content (AvgIpc) is 3.33. The maximum Gasteiger partial charge on any atom is 0.310 e. The molecule has 1 aromatic rings. The molecule has 0 N–H and O–H groups in total. The predicted octanol–water partition coefficient (Wildman–Crippen LogP) is 4.69. The Kier molecular flexibility index (Phi) is 7.39. The molecule has 3 heterocycles. The summed E-state index contributed by atoms with van der Waals surface area (Å²) >= 11 is 0. The molecule has 0 radical (unpaired) electrons. The molecule has 5 fully saturated rings. The maximum atomic E-state index is 15.0. The van der Waals surface area contributed by atoms with Gasteiger partial charge in [0.25, 0.3) is 0 Å². The van der Waals surface area contributed by atoms with Crippen molar-refractivity contribution in [2.75, 3.05) is 0 Å². The van der Waals surface area contributed by atoms with Crippen LogP contribution in [0.2, 0.25) is 0 Å². The second-order valence-corrected chi connectivity index (χ2v) is 15.3. The van der Waals surface area contributed by atoms with Gasteiger partial charge in [0.1, 0.15) is 35.3 Å². The van der Waals surface area contributed by atoms with Crippen molar-refractivity contribution in [3.05, 3.63) is 24.2 Å². The van der Waals surface area contributed by atoms with Crippen LogP contribution in [-0.4, -0.2) is 65.3 Å². The molecule has 1 spiro atoms. The zero-order chi connectivity index (χ0) is 33.8. The molecule has 12 atom stereocenters. The van der Waals surface area contributed by atoms with E-state index in [4.69, 9.17) is 28.1 Å². The topological polar surface area (TPSA) is 148 Å². The van der Waals surface area contributed by atoms with E-state index in [1.165, 1.54) is 13.8 Å². The number of esters is 4. The van der Waals surface area contributed by atoms with Crippen LogP contribution in [0.4, 0.5) is 0 Å². The number of hydrogen-bond donors (Lipinski definition) is 0. The van der Waals surface area contributed by atoms with Crippen molar-refractivity contribution < 1.29 is 52.1 Å². The third-order valence-electron chi connectivity index (χ3n) is 12.8. The lowest BCUT2D eigenvalue weighted by atomic mass is 9.36. The largest absolute Gasteiger partial charge is 0.472 e. The lowest BCUT2D eigenvalue weighted by molar-refractivity contribution is -0.281. The molecule has 11 heteroatoms. The maximum absolute atomic E-state index is 15.0. The highest BCUT2D eigenvalue weighted by molar-refractivity contribution is 5.90. The van der Waals surface area contributed by atoms with Gasteiger partial charge in [-0.25, -0.2) is 0 Å². The third-order valence-corrected chi connectivity index (χ3v) is 12.8. The van der Waals surface area contributed by atoms with Gasteiger partial charge in [-0.2, -0.15) is 0 Å².